The lowest BCUT2D eigenvalue weighted by molar-refractivity contribution is 0.414. The topological polar surface area (TPSA) is 74.3 Å². The fraction of sp³-hybridized carbons (Fsp3) is 0.115. The van der Waals surface area contributed by atoms with Crippen molar-refractivity contribution < 1.29 is 9.15 Å². The van der Waals surface area contributed by atoms with E-state index in [2.05, 4.69) is 20.9 Å². The largest absolute Gasteiger partial charge is 0.497 e. The van der Waals surface area contributed by atoms with Crippen molar-refractivity contribution in [3.8, 4) is 17.1 Å². The molecule has 0 amide bonds. The van der Waals surface area contributed by atoms with Gasteiger partial charge in [0.05, 0.1) is 12.5 Å². The number of halogens is 2. The van der Waals surface area contributed by atoms with Crippen LogP contribution in [0.5, 0.6) is 5.75 Å². The molecule has 3 aromatic carbocycles. The number of rotatable bonds is 5. The van der Waals surface area contributed by atoms with Crippen LogP contribution in [-0.4, -0.2) is 16.7 Å². The van der Waals surface area contributed by atoms with Crippen LogP contribution in [0.4, 0.5) is 0 Å². The molecule has 0 radical (unpaired) electrons. The van der Waals surface area contributed by atoms with Crippen molar-refractivity contribution in [3.63, 3.8) is 0 Å². The highest BCUT2D eigenvalue weighted by Crippen LogP contribution is 2.24. The maximum Gasteiger partial charge on any atom is 0.269 e. The Kier molecular flexibility index (Phi) is 5.98. The van der Waals surface area contributed by atoms with E-state index in [1.165, 1.54) is 4.57 Å². The second-order valence-electron chi connectivity index (χ2n) is 7.75. The zero-order valence-corrected chi connectivity index (χ0v) is 20.4. The predicted molar refractivity (Wildman–Crippen MR) is 137 cm³/mol. The molecule has 8 heteroatoms. The highest BCUT2D eigenvalue weighted by atomic mass is 79.9. The number of aryl methyl sites for hydroxylation is 1. The average molecular weight is 538 g/mol. The molecule has 0 N–H and O–H groups in total. The van der Waals surface area contributed by atoms with Gasteiger partial charge in [-0.1, -0.05) is 39.7 Å². The number of nitrogens with zero attached hydrogens (tertiary/aromatic N) is 2. The van der Waals surface area contributed by atoms with Gasteiger partial charge in [0.15, 0.2) is 5.39 Å². The molecule has 0 saturated carbocycles. The Morgan fingerprint density at radius 2 is 1.76 bits per heavy atom. The normalized spacial score (nSPS) is 11.3. The predicted octanol–water partition coefficient (Wildman–Crippen LogP) is 5.84. The van der Waals surface area contributed by atoms with Crippen LogP contribution in [0.15, 0.2) is 85.2 Å². The molecule has 5 aromatic rings. The smallest absolute Gasteiger partial charge is 0.269 e. The second-order valence-corrected chi connectivity index (χ2v) is 9.10. The molecule has 0 spiro atoms. The van der Waals surface area contributed by atoms with Gasteiger partial charge in [0, 0.05) is 21.6 Å². The summed E-state index contributed by atoms with van der Waals surface area (Å²) in [5.74, 6) is 1.16. The van der Waals surface area contributed by atoms with Crippen molar-refractivity contribution >= 4 is 49.6 Å². The molecular weight excluding hydrogens is 520 g/mol. The van der Waals surface area contributed by atoms with Crippen LogP contribution in [0.25, 0.3) is 33.5 Å². The molecule has 0 unspecified atom stereocenters. The minimum Gasteiger partial charge on any atom is -0.497 e. The van der Waals surface area contributed by atoms with Gasteiger partial charge in [-0.25, -0.2) is 0 Å². The average Bonchev–Trinajstić information content (AvgIpc) is 2.84. The fourth-order valence-electron chi connectivity index (χ4n) is 3.87. The lowest BCUT2D eigenvalue weighted by atomic mass is 10.1. The third-order valence-corrected chi connectivity index (χ3v) is 6.39. The number of ether oxygens (including phenoxy) is 1. The van der Waals surface area contributed by atoms with Gasteiger partial charge in [-0.15, -0.1) is 0 Å². The van der Waals surface area contributed by atoms with Crippen LogP contribution in [0.2, 0.25) is 5.02 Å². The van der Waals surface area contributed by atoms with Crippen molar-refractivity contribution in [2.45, 2.75) is 13.0 Å². The Hall–Kier alpha value is -3.42. The van der Waals surface area contributed by atoms with E-state index in [9.17, 15) is 9.59 Å². The van der Waals surface area contributed by atoms with E-state index in [1.807, 2.05) is 24.3 Å². The van der Waals surface area contributed by atoms with Crippen molar-refractivity contribution in [2.24, 2.45) is 0 Å². The van der Waals surface area contributed by atoms with E-state index in [4.69, 9.17) is 20.8 Å². The molecule has 0 aliphatic rings. The molecule has 0 saturated heterocycles. The Morgan fingerprint density at radius 1 is 1.03 bits per heavy atom. The zero-order chi connectivity index (χ0) is 23.8. The Balaban J connectivity index is 1.71. The van der Waals surface area contributed by atoms with Gasteiger partial charge in [-0.2, -0.15) is 4.98 Å². The third-order valence-electron chi connectivity index (χ3n) is 5.64. The minimum atomic E-state index is -0.445. The van der Waals surface area contributed by atoms with Crippen LogP contribution in [0.1, 0.15) is 5.56 Å². The van der Waals surface area contributed by atoms with Gasteiger partial charge < -0.3 is 9.15 Å². The molecule has 5 rings (SSSR count). The zero-order valence-electron chi connectivity index (χ0n) is 18.0. The molecule has 0 atom stereocenters. The number of aromatic nitrogens is 2. The molecule has 34 heavy (non-hydrogen) atoms. The van der Waals surface area contributed by atoms with Crippen molar-refractivity contribution in [2.75, 3.05) is 7.11 Å². The summed E-state index contributed by atoms with van der Waals surface area (Å²) >= 11 is 9.44. The van der Waals surface area contributed by atoms with Crippen molar-refractivity contribution in [1.29, 1.82) is 0 Å². The monoisotopic (exact) mass is 536 g/mol. The lowest BCUT2D eigenvalue weighted by Crippen LogP contribution is -2.28. The summed E-state index contributed by atoms with van der Waals surface area (Å²) in [7, 11) is 1.61. The van der Waals surface area contributed by atoms with Crippen molar-refractivity contribution in [1.82, 2.24) is 9.55 Å². The summed E-state index contributed by atoms with van der Waals surface area (Å²) in [6, 6.07) is 19.8. The summed E-state index contributed by atoms with van der Waals surface area (Å²) in [5, 5.41) is 0.819. The van der Waals surface area contributed by atoms with Crippen molar-refractivity contribution in [3.05, 3.63) is 102 Å². The second kappa shape index (κ2) is 9.08. The molecule has 0 aliphatic carbocycles. The van der Waals surface area contributed by atoms with E-state index in [0.717, 1.165) is 15.8 Å². The first kappa shape index (κ1) is 22.4. The Bertz CT molecular complexity index is 1640. The fourth-order valence-corrected chi connectivity index (χ4v) is 4.36. The number of hydrogen-bond donors (Lipinski definition) is 0. The lowest BCUT2D eigenvalue weighted by Gasteiger charge is -2.14. The van der Waals surface area contributed by atoms with Gasteiger partial charge in [-0.05, 0) is 66.6 Å². The number of benzene rings is 3. The third kappa shape index (κ3) is 4.13. The van der Waals surface area contributed by atoms with Crippen LogP contribution >= 0.6 is 27.5 Å². The number of fused-ring (bicyclic) bond motifs is 2. The van der Waals surface area contributed by atoms with E-state index >= 15 is 0 Å². The van der Waals surface area contributed by atoms with Gasteiger partial charge in [0.25, 0.3) is 5.56 Å². The van der Waals surface area contributed by atoms with E-state index in [-0.39, 0.29) is 11.1 Å². The summed E-state index contributed by atoms with van der Waals surface area (Å²) in [4.78, 5) is 31.6. The van der Waals surface area contributed by atoms with Gasteiger partial charge >= 0.3 is 0 Å². The van der Waals surface area contributed by atoms with Crippen LogP contribution in [0, 0.1) is 0 Å². The summed E-state index contributed by atoms with van der Waals surface area (Å²) in [6.07, 6.45) is 0.558. The summed E-state index contributed by atoms with van der Waals surface area (Å²) in [5.41, 5.74) is 1.23. The first-order valence-corrected chi connectivity index (χ1v) is 11.7. The standard InChI is InChI=1S/C26H18BrClN2O4/c1-33-19-9-2-15(3-10-19)12-13-30-24(16-4-7-18(28)8-5-16)29-25-22(26(30)32)23(31)20-14-17(27)6-11-21(20)34-25/h2-11,14H,12-13H2,1H3. The van der Waals surface area contributed by atoms with Crippen LogP contribution in [-0.2, 0) is 13.0 Å². The minimum absolute atomic E-state index is 0.00969. The van der Waals surface area contributed by atoms with E-state index in [1.54, 1.807) is 49.6 Å². The van der Waals surface area contributed by atoms with Gasteiger partial charge in [-0.3, -0.25) is 14.2 Å². The molecule has 2 aromatic heterocycles. The molecule has 0 aliphatic heterocycles. The van der Waals surface area contributed by atoms with Crippen LogP contribution < -0.4 is 15.7 Å². The Morgan fingerprint density at radius 3 is 2.47 bits per heavy atom. The van der Waals surface area contributed by atoms with Gasteiger partial charge in [0.1, 0.15) is 17.2 Å². The van der Waals surface area contributed by atoms with E-state index in [0.29, 0.717) is 40.3 Å². The molecular formula is C26H18BrClN2O4. The maximum atomic E-state index is 13.7. The molecule has 2 heterocycles. The van der Waals surface area contributed by atoms with E-state index < -0.39 is 11.0 Å². The molecule has 0 bridgehead atoms. The van der Waals surface area contributed by atoms with Gasteiger partial charge in [0.2, 0.25) is 11.1 Å². The van der Waals surface area contributed by atoms with Crippen LogP contribution in [0.3, 0.4) is 0 Å². The Labute approximate surface area is 207 Å². The summed E-state index contributed by atoms with van der Waals surface area (Å²) < 4.78 is 13.4. The first-order chi connectivity index (χ1) is 16.4. The highest BCUT2D eigenvalue weighted by Gasteiger charge is 2.19. The first-order valence-electron chi connectivity index (χ1n) is 10.5. The molecule has 170 valence electrons. The summed E-state index contributed by atoms with van der Waals surface area (Å²) in [6.45, 7) is 0.321. The quantitative estimate of drug-likeness (QED) is 0.264. The number of hydrogen-bond acceptors (Lipinski definition) is 5. The SMILES string of the molecule is COc1ccc(CCn2c(-c3ccc(Cl)cc3)nc3oc4ccc(Br)cc4c(=O)c3c2=O)cc1. The maximum absolute atomic E-state index is 13.7. The highest BCUT2D eigenvalue weighted by molar-refractivity contribution is 9.10. The molecule has 6 nitrogen and oxygen atoms in total. The molecule has 0 fully saturated rings. The number of methoxy groups -OCH3 is 1.